The molecule has 0 saturated carbocycles. The van der Waals surface area contributed by atoms with Gasteiger partial charge in [0.05, 0.1) is 25.9 Å². The van der Waals surface area contributed by atoms with Gasteiger partial charge in [0.1, 0.15) is 0 Å². The molecule has 1 aromatic carbocycles. The molecule has 0 saturated heterocycles. The minimum absolute atomic E-state index is 0.178. The zero-order valence-corrected chi connectivity index (χ0v) is 10.4. The standard InChI is InChI=1S/C14H18O4/c1-2-17-14(16)9-8-13(10-15)18-11-12-6-4-3-5-7-12/h3-9,13,15H,2,10-11H2,1H3/b9-8+/t13-/m0/s1. The molecule has 0 heterocycles. The van der Waals surface area contributed by atoms with E-state index in [-0.39, 0.29) is 6.61 Å². The number of benzene rings is 1. The molecular weight excluding hydrogens is 232 g/mol. The Morgan fingerprint density at radius 1 is 1.39 bits per heavy atom. The summed E-state index contributed by atoms with van der Waals surface area (Å²) >= 11 is 0. The van der Waals surface area contributed by atoms with Crippen LogP contribution in [0.25, 0.3) is 0 Å². The number of hydrogen-bond donors (Lipinski definition) is 1. The molecule has 0 aliphatic rings. The van der Waals surface area contributed by atoms with Gasteiger partial charge in [-0.1, -0.05) is 30.3 Å². The second kappa shape index (κ2) is 8.44. The van der Waals surface area contributed by atoms with Crippen molar-refractivity contribution in [2.75, 3.05) is 13.2 Å². The van der Waals surface area contributed by atoms with Gasteiger partial charge in [0.2, 0.25) is 0 Å². The first kappa shape index (κ1) is 14.4. The van der Waals surface area contributed by atoms with Crippen molar-refractivity contribution in [2.24, 2.45) is 0 Å². The maximum absolute atomic E-state index is 11.1. The highest BCUT2D eigenvalue weighted by Crippen LogP contribution is 2.04. The molecular formula is C14H18O4. The maximum Gasteiger partial charge on any atom is 0.330 e. The molecule has 98 valence electrons. The molecule has 1 aromatic rings. The second-order valence-electron chi connectivity index (χ2n) is 3.63. The number of ether oxygens (including phenoxy) is 2. The Bertz CT molecular complexity index is 373. The lowest BCUT2D eigenvalue weighted by atomic mass is 10.2. The Kier molecular flexibility index (Phi) is 6.76. The Morgan fingerprint density at radius 2 is 2.11 bits per heavy atom. The van der Waals surface area contributed by atoms with E-state index in [2.05, 4.69) is 0 Å². The molecule has 1 rings (SSSR count). The predicted molar refractivity (Wildman–Crippen MR) is 67.9 cm³/mol. The van der Waals surface area contributed by atoms with Gasteiger partial charge >= 0.3 is 5.97 Å². The van der Waals surface area contributed by atoms with E-state index in [0.717, 1.165) is 5.56 Å². The number of hydrogen-bond acceptors (Lipinski definition) is 4. The Hall–Kier alpha value is -1.65. The topological polar surface area (TPSA) is 55.8 Å². The van der Waals surface area contributed by atoms with E-state index in [1.54, 1.807) is 6.92 Å². The van der Waals surface area contributed by atoms with Crippen molar-refractivity contribution in [3.63, 3.8) is 0 Å². The van der Waals surface area contributed by atoms with Crippen molar-refractivity contribution >= 4 is 5.97 Å². The average Bonchev–Trinajstić information content (AvgIpc) is 2.40. The molecule has 0 radical (unpaired) electrons. The van der Waals surface area contributed by atoms with Gasteiger partial charge in [0.15, 0.2) is 0 Å². The number of aliphatic hydroxyl groups excluding tert-OH is 1. The number of esters is 1. The zero-order valence-electron chi connectivity index (χ0n) is 10.4. The fraction of sp³-hybridized carbons (Fsp3) is 0.357. The summed E-state index contributed by atoms with van der Waals surface area (Å²) in [7, 11) is 0. The molecule has 1 N–H and O–H groups in total. The number of carbonyl (C=O) groups excluding carboxylic acids is 1. The summed E-state index contributed by atoms with van der Waals surface area (Å²) in [6.45, 7) is 2.28. The van der Waals surface area contributed by atoms with Crippen LogP contribution < -0.4 is 0 Å². The zero-order chi connectivity index (χ0) is 13.2. The highest BCUT2D eigenvalue weighted by Gasteiger charge is 2.05. The van der Waals surface area contributed by atoms with Gasteiger partial charge in [-0.3, -0.25) is 0 Å². The largest absolute Gasteiger partial charge is 0.463 e. The van der Waals surface area contributed by atoms with E-state index >= 15 is 0 Å². The van der Waals surface area contributed by atoms with Crippen LogP contribution in [0.4, 0.5) is 0 Å². The van der Waals surface area contributed by atoms with E-state index in [1.165, 1.54) is 12.2 Å². The molecule has 0 unspecified atom stereocenters. The summed E-state index contributed by atoms with van der Waals surface area (Å²) in [4.78, 5) is 11.1. The van der Waals surface area contributed by atoms with Crippen LogP contribution in [0, 0.1) is 0 Å². The Labute approximate surface area is 107 Å². The van der Waals surface area contributed by atoms with Crippen molar-refractivity contribution in [3.05, 3.63) is 48.0 Å². The van der Waals surface area contributed by atoms with E-state index in [9.17, 15) is 4.79 Å². The van der Waals surface area contributed by atoms with Gasteiger partial charge in [0, 0.05) is 6.08 Å². The van der Waals surface area contributed by atoms with Crippen LogP contribution in [-0.4, -0.2) is 30.4 Å². The molecule has 18 heavy (non-hydrogen) atoms. The molecule has 4 nitrogen and oxygen atoms in total. The Balaban J connectivity index is 2.40. The molecule has 0 spiro atoms. The van der Waals surface area contributed by atoms with Crippen LogP contribution in [0.15, 0.2) is 42.5 Å². The van der Waals surface area contributed by atoms with E-state index in [0.29, 0.717) is 13.2 Å². The third-order valence-electron chi connectivity index (χ3n) is 2.22. The number of carbonyl (C=O) groups is 1. The van der Waals surface area contributed by atoms with Crippen molar-refractivity contribution in [1.29, 1.82) is 0 Å². The Morgan fingerprint density at radius 3 is 2.72 bits per heavy atom. The quantitative estimate of drug-likeness (QED) is 0.591. The minimum atomic E-state index is -0.505. The van der Waals surface area contributed by atoms with Gasteiger partial charge in [-0.25, -0.2) is 4.79 Å². The average molecular weight is 250 g/mol. The van der Waals surface area contributed by atoms with Gasteiger partial charge in [-0.05, 0) is 18.6 Å². The van der Waals surface area contributed by atoms with Crippen molar-refractivity contribution in [3.8, 4) is 0 Å². The van der Waals surface area contributed by atoms with Gasteiger partial charge < -0.3 is 14.6 Å². The minimum Gasteiger partial charge on any atom is -0.463 e. The molecule has 0 aliphatic heterocycles. The normalized spacial score (nSPS) is 12.6. The summed E-state index contributed by atoms with van der Waals surface area (Å²) in [5.41, 5.74) is 1.01. The fourth-order valence-corrected chi connectivity index (χ4v) is 1.32. The molecule has 0 aliphatic carbocycles. The lowest BCUT2D eigenvalue weighted by Crippen LogP contribution is -2.15. The molecule has 4 heteroatoms. The highest BCUT2D eigenvalue weighted by atomic mass is 16.5. The highest BCUT2D eigenvalue weighted by molar-refractivity contribution is 5.81. The molecule has 1 atom stereocenters. The molecule has 0 amide bonds. The lowest BCUT2D eigenvalue weighted by Gasteiger charge is -2.11. The van der Waals surface area contributed by atoms with E-state index in [4.69, 9.17) is 14.6 Å². The van der Waals surface area contributed by atoms with Gasteiger partial charge in [-0.15, -0.1) is 0 Å². The summed E-state index contributed by atoms with van der Waals surface area (Å²) in [5.74, 6) is -0.431. The summed E-state index contributed by atoms with van der Waals surface area (Å²) < 4.78 is 10.2. The van der Waals surface area contributed by atoms with Crippen LogP contribution in [0.5, 0.6) is 0 Å². The predicted octanol–water partition coefficient (Wildman–Crippen LogP) is 1.68. The first-order chi connectivity index (χ1) is 8.76. The molecule has 0 bridgehead atoms. The number of aliphatic hydroxyl groups is 1. The summed E-state index contributed by atoms with van der Waals surface area (Å²) in [6, 6.07) is 9.63. The van der Waals surface area contributed by atoms with E-state index in [1.807, 2.05) is 30.3 Å². The lowest BCUT2D eigenvalue weighted by molar-refractivity contribution is -0.137. The van der Waals surface area contributed by atoms with E-state index < -0.39 is 12.1 Å². The number of rotatable bonds is 7. The third kappa shape index (κ3) is 5.61. The van der Waals surface area contributed by atoms with Crippen molar-refractivity contribution in [1.82, 2.24) is 0 Å². The van der Waals surface area contributed by atoms with Crippen molar-refractivity contribution < 1.29 is 19.4 Å². The monoisotopic (exact) mass is 250 g/mol. The van der Waals surface area contributed by atoms with Crippen LogP contribution in [0.1, 0.15) is 12.5 Å². The molecule has 0 aromatic heterocycles. The summed E-state index contributed by atoms with van der Waals surface area (Å²) in [5, 5.41) is 9.12. The van der Waals surface area contributed by atoms with Gasteiger partial charge in [-0.2, -0.15) is 0 Å². The smallest absolute Gasteiger partial charge is 0.330 e. The molecule has 0 fully saturated rings. The van der Waals surface area contributed by atoms with Crippen LogP contribution in [0.2, 0.25) is 0 Å². The van der Waals surface area contributed by atoms with Crippen molar-refractivity contribution in [2.45, 2.75) is 19.6 Å². The third-order valence-corrected chi connectivity index (χ3v) is 2.22. The summed E-state index contributed by atoms with van der Waals surface area (Å²) in [6.07, 6.45) is 2.27. The first-order valence-electron chi connectivity index (χ1n) is 5.87. The van der Waals surface area contributed by atoms with Crippen LogP contribution in [-0.2, 0) is 20.9 Å². The van der Waals surface area contributed by atoms with Crippen LogP contribution >= 0.6 is 0 Å². The second-order valence-corrected chi connectivity index (χ2v) is 3.63. The van der Waals surface area contributed by atoms with Crippen LogP contribution in [0.3, 0.4) is 0 Å². The van der Waals surface area contributed by atoms with Gasteiger partial charge in [0.25, 0.3) is 0 Å². The maximum atomic E-state index is 11.1. The SMILES string of the molecule is CCOC(=O)/C=C/[C@@H](CO)OCc1ccccc1. The first-order valence-corrected chi connectivity index (χ1v) is 5.87. The fourth-order valence-electron chi connectivity index (χ4n) is 1.32.